The number of rotatable bonds is 2. The molecule has 19 heavy (non-hydrogen) atoms. The second-order valence-electron chi connectivity index (χ2n) is 4.38. The third kappa shape index (κ3) is 2.10. The third-order valence-corrected chi connectivity index (χ3v) is 3.14. The molecule has 3 aromatic rings. The zero-order chi connectivity index (χ0) is 13.2. The summed E-state index contributed by atoms with van der Waals surface area (Å²) < 4.78 is 1.90. The summed E-state index contributed by atoms with van der Waals surface area (Å²) in [5.41, 5.74) is 2.36. The standard InChI is InChI=1S/C16H13N2O/c1-18-14-10-6-5-7-12(14)11-15(18)16(19)17-13-8-3-2-4-9-13/h2-8,10-11H,1H3,(H,17,19). The fourth-order valence-corrected chi connectivity index (χ4v) is 2.16. The Balaban J connectivity index is 1.96. The van der Waals surface area contributed by atoms with Crippen molar-refractivity contribution >= 4 is 22.5 Å². The average Bonchev–Trinajstić information content (AvgIpc) is 2.78. The number of carbonyl (C=O) groups excluding carboxylic acids is 1. The molecule has 0 spiro atoms. The molecule has 1 radical (unpaired) electrons. The van der Waals surface area contributed by atoms with Gasteiger partial charge in [0.25, 0.3) is 5.91 Å². The number of hydrogen-bond acceptors (Lipinski definition) is 1. The number of aromatic nitrogens is 1. The molecule has 0 aliphatic carbocycles. The molecule has 2 aromatic carbocycles. The van der Waals surface area contributed by atoms with Crippen molar-refractivity contribution in [3.05, 3.63) is 66.4 Å². The summed E-state index contributed by atoms with van der Waals surface area (Å²) in [6, 6.07) is 20.1. The van der Waals surface area contributed by atoms with Crippen molar-refractivity contribution in [1.29, 1.82) is 0 Å². The van der Waals surface area contributed by atoms with Gasteiger partial charge in [0.15, 0.2) is 0 Å². The number of carbonyl (C=O) groups is 1. The Labute approximate surface area is 111 Å². The van der Waals surface area contributed by atoms with Crippen molar-refractivity contribution in [1.82, 2.24) is 4.57 Å². The Morgan fingerprint density at radius 3 is 2.68 bits per heavy atom. The van der Waals surface area contributed by atoms with Crippen molar-refractivity contribution in [3.63, 3.8) is 0 Å². The van der Waals surface area contributed by atoms with E-state index in [0.29, 0.717) is 11.4 Å². The summed E-state index contributed by atoms with van der Waals surface area (Å²) in [6.07, 6.45) is 0. The van der Waals surface area contributed by atoms with Crippen LogP contribution >= 0.6 is 0 Å². The summed E-state index contributed by atoms with van der Waals surface area (Å²) >= 11 is 0. The van der Waals surface area contributed by atoms with Crippen molar-refractivity contribution in [3.8, 4) is 0 Å². The fourth-order valence-electron chi connectivity index (χ4n) is 2.16. The van der Waals surface area contributed by atoms with Gasteiger partial charge < -0.3 is 9.88 Å². The van der Waals surface area contributed by atoms with Gasteiger partial charge in [-0.3, -0.25) is 4.79 Å². The highest BCUT2D eigenvalue weighted by molar-refractivity contribution is 6.06. The normalized spacial score (nSPS) is 10.6. The zero-order valence-corrected chi connectivity index (χ0v) is 10.6. The maximum atomic E-state index is 12.3. The predicted molar refractivity (Wildman–Crippen MR) is 76.2 cm³/mol. The van der Waals surface area contributed by atoms with Crippen LogP contribution in [0.25, 0.3) is 10.9 Å². The van der Waals surface area contributed by atoms with Gasteiger partial charge >= 0.3 is 0 Å². The molecule has 0 saturated heterocycles. The lowest BCUT2D eigenvalue weighted by Crippen LogP contribution is -2.15. The number of nitrogens with one attached hydrogen (secondary N) is 1. The maximum Gasteiger partial charge on any atom is 0.272 e. The van der Waals surface area contributed by atoms with Crippen LogP contribution in [0, 0.1) is 6.07 Å². The first kappa shape index (κ1) is 11.5. The van der Waals surface area contributed by atoms with E-state index in [9.17, 15) is 4.79 Å². The van der Waals surface area contributed by atoms with Crippen LogP contribution in [0.1, 0.15) is 10.5 Å². The molecule has 3 nitrogen and oxygen atoms in total. The van der Waals surface area contributed by atoms with Gasteiger partial charge in [-0.1, -0.05) is 36.4 Å². The number of para-hydroxylation sites is 2. The van der Waals surface area contributed by atoms with Crippen molar-refractivity contribution in [2.24, 2.45) is 7.05 Å². The van der Waals surface area contributed by atoms with E-state index >= 15 is 0 Å². The number of aryl methyl sites for hydroxylation is 1. The minimum Gasteiger partial charge on any atom is -0.340 e. The number of anilines is 1. The lowest BCUT2D eigenvalue weighted by molar-refractivity contribution is 0.101. The van der Waals surface area contributed by atoms with Crippen LogP contribution in [0.5, 0.6) is 0 Å². The molecule has 1 N–H and O–H groups in total. The van der Waals surface area contributed by atoms with E-state index in [4.69, 9.17) is 0 Å². The average molecular weight is 249 g/mol. The largest absolute Gasteiger partial charge is 0.340 e. The monoisotopic (exact) mass is 249 g/mol. The van der Waals surface area contributed by atoms with E-state index in [-0.39, 0.29) is 5.91 Å². The molecule has 0 unspecified atom stereocenters. The van der Waals surface area contributed by atoms with Crippen LogP contribution in [0.4, 0.5) is 5.69 Å². The Morgan fingerprint density at radius 1 is 1.16 bits per heavy atom. The quantitative estimate of drug-likeness (QED) is 0.743. The first-order chi connectivity index (χ1) is 9.25. The number of nitrogens with zero attached hydrogens (tertiary/aromatic N) is 1. The highest BCUT2D eigenvalue weighted by Gasteiger charge is 2.12. The Bertz CT molecular complexity index is 729. The molecule has 93 valence electrons. The fraction of sp³-hybridized carbons (Fsp3) is 0.0625. The van der Waals surface area contributed by atoms with Crippen LogP contribution in [0.3, 0.4) is 0 Å². The van der Waals surface area contributed by atoms with Crippen molar-refractivity contribution in [2.45, 2.75) is 0 Å². The smallest absolute Gasteiger partial charge is 0.272 e. The molecule has 3 heteroatoms. The first-order valence-electron chi connectivity index (χ1n) is 6.08. The predicted octanol–water partition coefficient (Wildman–Crippen LogP) is 3.23. The third-order valence-electron chi connectivity index (χ3n) is 3.14. The van der Waals surface area contributed by atoms with Gasteiger partial charge in [0.05, 0.1) is 0 Å². The second-order valence-corrected chi connectivity index (χ2v) is 4.38. The van der Waals surface area contributed by atoms with Crippen LogP contribution in [0.2, 0.25) is 0 Å². The first-order valence-corrected chi connectivity index (χ1v) is 6.08. The van der Waals surface area contributed by atoms with Crippen LogP contribution in [-0.4, -0.2) is 10.5 Å². The van der Waals surface area contributed by atoms with Gasteiger partial charge in [-0.15, -0.1) is 0 Å². The Morgan fingerprint density at radius 2 is 1.95 bits per heavy atom. The minimum absolute atomic E-state index is 0.124. The van der Waals surface area contributed by atoms with Gasteiger partial charge in [-0.05, 0) is 18.2 Å². The molecule has 0 fully saturated rings. The molecule has 0 saturated carbocycles. The molecule has 3 rings (SSSR count). The second kappa shape index (κ2) is 4.61. The van der Waals surface area contributed by atoms with E-state index in [1.807, 2.05) is 60.1 Å². The lowest BCUT2D eigenvalue weighted by Gasteiger charge is -2.05. The van der Waals surface area contributed by atoms with Crippen molar-refractivity contribution < 1.29 is 4.79 Å². The summed E-state index contributed by atoms with van der Waals surface area (Å²) in [7, 11) is 1.89. The number of amides is 1. The summed E-state index contributed by atoms with van der Waals surface area (Å²) in [5.74, 6) is -0.124. The molecule has 1 heterocycles. The molecular formula is C16H13N2O. The SMILES string of the molecule is Cn1c(C(=O)Nc2[c]cccc2)cc2ccccc21. The minimum atomic E-state index is -0.124. The molecule has 1 amide bonds. The van der Waals surface area contributed by atoms with Gasteiger partial charge in [-0.2, -0.15) is 0 Å². The van der Waals surface area contributed by atoms with Crippen LogP contribution < -0.4 is 5.32 Å². The van der Waals surface area contributed by atoms with E-state index in [1.165, 1.54) is 0 Å². The summed E-state index contributed by atoms with van der Waals surface area (Å²) in [5, 5.41) is 3.91. The summed E-state index contributed by atoms with van der Waals surface area (Å²) in [4.78, 5) is 12.3. The van der Waals surface area contributed by atoms with Crippen LogP contribution in [0.15, 0.2) is 54.6 Å². The maximum absolute atomic E-state index is 12.3. The van der Waals surface area contributed by atoms with E-state index in [0.717, 1.165) is 10.9 Å². The van der Waals surface area contributed by atoms with E-state index in [1.54, 1.807) is 6.07 Å². The highest BCUT2D eigenvalue weighted by Crippen LogP contribution is 2.19. The van der Waals surface area contributed by atoms with Crippen LogP contribution in [-0.2, 0) is 7.05 Å². The highest BCUT2D eigenvalue weighted by atomic mass is 16.1. The molecule has 0 bridgehead atoms. The molecule has 0 aliphatic rings. The van der Waals surface area contributed by atoms with Gasteiger partial charge in [-0.25, -0.2) is 0 Å². The van der Waals surface area contributed by atoms with Gasteiger partial charge in [0, 0.05) is 29.7 Å². The molecule has 0 atom stereocenters. The lowest BCUT2D eigenvalue weighted by atomic mass is 10.2. The molecule has 0 aliphatic heterocycles. The Hall–Kier alpha value is -2.55. The van der Waals surface area contributed by atoms with Gasteiger partial charge in [0.2, 0.25) is 0 Å². The Kier molecular flexibility index (Phi) is 2.80. The van der Waals surface area contributed by atoms with Gasteiger partial charge in [0.1, 0.15) is 5.69 Å². The summed E-state index contributed by atoms with van der Waals surface area (Å²) in [6.45, 7) is 0. The number of hydrogen-bond donors (Lipinski definition) is 1. The van der Waals surface area contributed by atoms with E-state index < -0.39 is 0 Å². The molecule has 1 aromatic heterocycles. The topological polar surface area (TPSA) is 34.0 Å². The van der Waals surface area contributed by atoms with Crippen molar-refractivity contribution in [2.75, 3.05) is 5.32 Å². The number of benzene rings is 2. The number of fused-ring (bicyclic) bond motifs is 1. The molecular weight excluding hydrogens is 236 g/mol. The zero-order valence-electron chi connectivity index (χ0n) is 10.6. The van der Waals surface area contributed by atoms with E-state index in [2.05, 4.69) is 11.4 Å².